The van der Waals surface area contributed by atoms with Gasteiger partial charge in [-0.2, -0.15) is 5.10 Å². The molecule has 1 N–H and O–H groups in total. The third-order valence-corrected chi connectivity index (χ3v) is 5.16. The number of anilines is 1. The van der Waals surface area contributed by atoms with Crippen molar-refractivity contribution >= 4 is 28.3 Å². The van der Waals surface area contributed by atoms with E-state index in [0.29, 0.717) is 24.1 Å². The third-order valence-electron chi connectivity index (χ3n) is 4.95. The van der Waals surface area contributed by atoms with Gasteiger partial charge in [-0.15, -0.1) is 0 Å². The van der Waals surface area contributed by atoms with Crippen molar-refractivity contribution in [2.45, 2.75) is 43.9 Å². The lowest BCUT2D eigenvalue weighted by Crippen LogP contribution is -2.40. The van der Waals surface area contributed by atoms with Crippen molar-refractivity contribution in [2.75, 3.05) is 24.6 Å². The molecule has 4 heterocycles. The summed E-state index contributed by atoms with van der Waals surface area (Å²) in [6.07, 6.45) is 1.48. The van der Waals surface area contributed by atoms with Crippen LogP contribution in [0.25, 0.3) is 10.9 Å². The van der Waals surface area contributed by atoms with Crippen LogP contribution in [0.2, 0.25) is 5.15 Å². The summed E-state index contributed by atoms with van der Waals surface area (Å²) >= 11 is 6.04. The van der Waals surface area contributed by atoms with Gasteiger partial charge in [0.05, 0.1) is 17.4 Å². The van der Waals surface area contributed by atoms with Gasteiger partial charge in [0, 0.05) is 31.8 Å². The van der Waals surface area contributed by atoms with Crippen LogP contribution in [-0.2, 0) is 4.74 Å². The molecule has 2 fully saturated rings. The van der Waals surface area contributed by atoms with Crippen LogP contribution in [0.5, 0.6) is 0 Å². The Kier molecular flexibility index (Phi) is 4.29. The molecule has 2 aromatic heterocycles. The minimum Gasteiger partial charge on any atom is -0.382 e. The maximum absolute atomic E-state index is 13.1. The van der Waals surface area contributed by atoms with Crippen LogP contribution in [-0.4, -0.2) is 51.6 Å². The first-order valence-corrected chi connectivity index (χ1v) is 8.76. The molecule has 9 heteroatoms. The number of aliphatic hydroxyl groups is 1. The van der Waals surface area contributed by atoms with E-state index >= 15 is 0 Å². The zero-order chi connectivity index (χ0) is 17.6. The number of pyridine rings is 1. The van der Waals surface area contributed by atoms with Crippen molar-refractivity contribution < 1.29 is 18.6 Å². The summed E-state index contributed by atoms with van der Waals surface area (Å²) in [5.41, 5.74) is -1.24. The number of hydrogen-bond acceptors (Lipinski definition) is 5. The zero-order valence-electron chi connectivity index (χ0n) is 13.5. The fraction of sp³-hybridized carbons (Fsp3) is 0.625. The molecule has 0 aliphatic carbocycles. The fourth-order valence-electron chi connectivity index (χ4n) is 3.54. The van der Waals surface area contributed by atoms with Gasteiger partial charge in [-0.25, -0.2) is 18.4 Å². The highest BCUT2D eigenvalue weighted by molar-refractivity contribution is 6.30. The van der Waals surface area contributed by atoms with E-state index in [0.717, 1.165) is 30.2 Å². The summed E-state index contributed by atoms with van der Waals surface area (Å²) < 4.78 is 33.8. The lowest BCUT2D eigenvalue weighted by atomic mass is 10.1. The van der Waals surface area contributed by atoms with Crippen molar-refractivity contribution in [3.05, 3.63) is 17.4 Å². The van der Waals surface area contributed by atoms with E-state index in [1.54, 1.807) is 21.8 Å². The highest BCUT2D eigenvalue weighted by Gasteiger charge is 2.45. The molecular formula is C16H19ClF2N4O2. The Bertz CT molecular complexity index is 781. The van der Waals surface area contributed by atoms with Crippen LogP contribution in [0.15, 0.2) is 12.3 Å². The summed E-state index contributed by atoms with van der Waals surface area (Å²) in [4.78, 5) is 5.79. The highest BCUT2D eigenvalue weighted by Crippen LogP contribution is 2.36. The summed E-state index contributed by atoms with van der Waals surface area (Å²) in [5, 5.41) is 15.8. The van der Waals surface area contributed by atoms with Gasteiger partial charge in [0.1, 0.15) is 10.8 Å². The molecule has 2 atom stereocenters. The Morgan fingerprint density at radius 2 is 2.24 bits per heavy atom. The maximum Gasteiger partial charge on any atom is 0.268 e. The molecule has 136 valence electrons. The van der Waals surface area contributed by atoms with E-state index in [1.807, 2.05) is 0 Å². The Hall–Kier alpha value is -1.51. The second-order valence-electron chi connectivity index (χ2n) is 6.69. The minimum absolute atomic E-state index is 0.0000329. The maximum atomic E-state index is 13.1. The number of ether oxygens (including phenoxy) is 1. The topological polar surface area (TPSA) is 63.4 Å². The summed E-state index contributed by atoms with van der Waals surface area (Å²) in [6, 6.07) is 1.71. The second kappa shape index (κ2) is 6.34. The van der Waals surface area contributed by atoms with Crippen LogP contribution in [0.4, 0.5) is 14.6 Å². The molecule has 2 saturated heterocycles. The largest absolute Gasteiger partial charge is 0.382 e. The Morgan fingerprint density at radius 1 is 1.40 bits per heavy atom. The van der Waals surface area contributed by atoms with Crippen molar-refractivity contribution in [3.8, 4) is 0 Å². The van der Waals surface area contributed by atoms with Gasteiger partial charge in [0.15, 0.2) is 12.0 Å². The number of halogens is 3. The highest BCUT2D eigenvalue weighted by atomic mass is 35.5. The zero-order valence-corrected chi connectivity index (χ0v) is 14.3. The average Bonchev–Trinajstić information content (AvgIpc) is 3.17. The lowest BCUT2D eigenvalue weighted by Gasteiger charge is -2.24. The number of alkyl halides is 2. The average molecular weight is 373 g/mol. The van der Waals surface area contributed by atoms with Gasteiger partial charge >= 0.3 is 0 Å². The standard InChI is InChI=1S/C16H19ClF2N4O2/c17-12-7-11-10(8-20-12)14(21-23(11)13-3-1-2-6-25-13)22-5-4-16(24,9-22)15(18)19/h7-8,13,15,24H,1-6,9H2. The smallest absolute Gasteiger partial charge is 0.268 e. The van der Waals surface area contributed by atoms with Crippen molar-refractivity contribution in [2.24, 2.45) is 0 Å². The summed E-state index contributed by atoms with van der Waals surface area (Å²) in [7, 11) is 0. The normalized spacial score (nSPS) is 27.6. The molecule has 2 unspecified atom stereocenters. The van der Waals surface area contributed by atoms with E-state index in [4.69, 9.17) is 16.3 Å². The molecule has 0 radical (unpaired) electrons. The minimum atomic E-state index is -2.79. The van der Waals surface area contributed by atoms with Gasteiger partial charge in [0.25, 0.3) is 6.43 Å². The third kappa shape index (κ3) is 2.96. The molecule has 0 amide bonds. The summed E-state index contributed by atoms with van der Waals surface area (Å²) in [5.74, 6) is 0.532. The Labute approximate surface area is 148 Å². The van der Waals surface area contributed by atoms with Crippen LogP contribution < -0.4 is 4.90 Å². The van der Waals surface area contributed by atoms with E-state index in [-0.39, 0.29) is 19.2 Å². The van der Waals surface area contributed by atoms with E-state index in [1.165, 1.54) is 0 Å². The first-order valence-electron chi connectivity index (χ1n) is 8.39. The molecule has 0 spiro atoms. The van der Waals surface area contributed by atoms with Crippen LogP contribution in [0.1, 0.15) is 31.9 Å². The van der Waals surface area contributed by atoms with Gasteiger partial charge in [0.2, 0.25) is 0 Å². The van der Waals surface area contributed by atoms with Crippen molar-refractivity contribution in [3.63, 3.8) is 0 Å². The van der Waals surface area contributed by atoms with Crippen molar-refractivity contribution in [1.29, 1.82) is 0 Å². The predicted molar refractivity (Wildman–Crippen MR) is 89.2 cm³/mol. The molecule has 2 aliphatic heterocycles. The first kappa shape index (κ1) is 16.9. The molecular weight excluding hydrogens is 354 g/mol. The van der Waals surface area contributed by atoms with Crippen LogP contribution in [0, 0.1) is 0 Å². The SMILES string of the molecule is OC1(C(F)F)CCN(c2nn(C3CCCCO3)c3cc(Cl)ncc23)C1. The second-order valence-corrected chi connectivity index (χ2v) is 7.08. The van der Waals surface area contributed by atoms with Gasteiger partial charge < -0.3 is 14.7 Å². The van der Waals surface area contributed by atoms with Crippen LogP contribution in [0.3, 0.4) is 0 Å². The molecule has 0 saturated carbocycles. The number of β-amino-alcohol motifs (C(OH)–C–C–N with tert-alkyl or cyclic N) is 1. The van der Waals surface area contributed by atoms with Crippen LogP contribution >= 0.6 is 11.6 Å². The monoisotopic (exact) mass is 372 g/mol. The molecule has 4 rings (SSSR count). The predicted octanol–water partition coefficient (Wildman–Crippen LogP) is 2.99. The molecule has 2 aromatic rings. The van der Waals surface area contributed by atoms with Crippen molar-refractivity contribution in [1.82, 2.24) is 14.8 Å². The number of hydrogen-bond donors (Lipinski definition) is 1. The quantitative estimate of drug-likeness (QED) is 0.839. The molecule has 25 heavy (non-hydrogen) atoms. The Morgan fingerprint density at radius 3 is 2.92 bits per heavy atom. The number of rotatable bonds is 3. The first-order chi connectivity index (χ1) is 12.0. The Balaban J connectivity index is 1.74. The fourth-order valence-corrected chi connectivity index (χ4v) is 3.69. The summed E-state index contributed by atoms with van der Waals surface area (Å²) in [6.45, 7) is 0.807. The molecule has 6 nitrogen and oxygen atoms in total. The number of fused-ring (bicyclic) bond motifs is 1. The van der Waals surface area contributed by atoms with Gasteiger partial charge in [-0.3, -0.25) is 0 Å². The number of nitrogens with zero attached hydrogens (tertiary/aromatic N) is 4. The molecule has 0 aromatic carbocycles. The van der Waals surface area contributed by atoms with Gasteiger partial charge in [-0.1, -0.05) is 11.6 Å². The van der Waals surface area contributed by atoms with Gasteiger partial charge in [-0.05, 0) is 19.3 Å². The lowest BCUT2D eigenvalue weighted by molar-refractivity contribution is -0.0801. The number of aromatic nitrogens is 3. The van der Waals surface area contributed by atoms with E-state index < -0.39 is 12.0 Å². The molecule has 0 bridgehead atoms. The molecule has 2 aliphatic rings. The van der Waals surface area contributed by atoms with E-state index in [9.17, 15) is 13.9 Å². The van der Waals surface area contributed by atoms with E-state index in [2.05, 4.69) is 10.1 Å².